The molecule has 9 heteroatoms. The molecule has 2 atom stereocenters. The van der Waals surface area contributed by atoms with Gasteiger partial charge in [-0.3, -0.25) is 14.4 Å². The molecule has 7 nitrogen and oxygen atoms in total. The Hall–Kier alpha value is -2.71. The summed E-state index contributed by atoms with van der Waals surface area (Å²) >= 11 is 7.86. The third-order valence-corrected chi connectivity index (χ3v) is 6.46. The number of carbonyl (C=O) groups excluding carboxylic acids is 2. The van der Waals surface area contributed by atoms with E-state index >= 15 is 0 Å². The summed E-state index contributed by atoms with van der Waals surface area (Å²) < 4.78 is 6.04. The van der Waals surface area contributed by atoms with E-state index in [1.165, 1.54) is 10.5 Å². The van der Waals surface area contributed by atoms with E-state index in [1.54, 1.807) is 30.0 Å². The number of hydrogen-bond donors (Lipinski definition) is 2. The highest BCUT2D eigenvalue weighted by atomic mass is 35.5. The number of ether oxygens (including phenoxy) is 1. The van der Waals surface area contributed by atoms with Crippen LogP contribution in [0.25, 0.3) is 0 Å². The molecular formula is C24H27ClN2O5S. The Kier molecular flexibility index (Phi) is 8.63. The first-order chi connectivity index (χ1) is 15.8. The SMILES string of the molecule is CC(C)C1Oc2ccc(Cl)cc2C(C(=O)NCC(=O)O)N(CCSCc2ccccc2)C1=O. The lowest BCUT2D eigenvalue weighted by Gasteiger charge is -2.31. The first-order valence-electron chi connectivity index (χ1n) is 10.7. The topological polar surface area (TPSA) is 95.9 Å². The minimum absolute atomic E-state index is 0.138. The number of benzene rings is 2. The van der Waals surface area contributed by atoms with Crippen LogP contribution in [0.1, 0.15) is 31.0 Å². The van der Waals surface area contributed by atoms with Crippen LogP contribution in [-0.2, 0) is 20.1 Å². The Morgan fingerprint density at radius 3 is 2.61 bits per heavy atom. The number of halogens is 1. The fraction of sp³-hybridized carbons (Fsp3) is 0.375. The number of nitrogens with one attached hydrogen (secondary N) is 1. The molecule has 0 saturated heterocycles. The van der Waals surface area contributed by atoms with Crippen molar-refractivity contribution in [3.05, 3.63) is 64.7 Å². The maximum Gasteiger partial charge on any atom is 0.322 e. The van der Waals surface area contributed by atoms with Crippen molar-refractivity contribution in [3.63, 3.8) is 0 Å². The average Bonchev–Trinajstić information content (AvgIpc) is 2.90. The van der Waals surface area contributed by atoms with Crippen LogP contribution < -0.4 is 10.1 Å². The second kappa shape index (κ2) is 11.4. The van der Waals surface area contributed by atoms with Crippen LogP contribution in [0.5, 0.6) is 5.75 Å². The Balaban J connectivity index is 1.90. The quantitative estimate of drug-likeness (QED) is 0.519. The predicted octanol–water partition coefficient (Wildman–Crippen LogP) is 3.76. The highest BCUT2D eigenvalue weighted by Crippen LogP contribution is 2.37. The molecule has 0 spiro atoms. The van der Waals surface area contributed by atoms with Crippen LogP contribution in [0.4, 0.5) is 0 Å². The standard InChI is InChI=1S/C24H27ClN2O5S/c1-15(2)22-24(31)27(10-11-33-14-16-6-4-3-5-7-16)21(23(30)26-13-20(28)29)18-12-17(25)8-9-19(18)32-22/h3-9,12,15,21-22H,10-11,13-14H2,1-2H3,(H,26,30)(H,28,29). The molecule has 3 rings (SSSR count). The first-order valence-corrected chi connectivity index (χ1v) is 12.2. The van der Waals surface area contributed by atoms with Crippen molar-refractivity contribution in [2.24, 2.45) is 5.92 Å². The number of nitrogens with zero attached hydrogens (tertiary/aromatic N) is 1. The highest BCUT2D eigenvalue weighted by Gasteiger charge is 2.41. The monoisotopic (exact) mass is 490 g/mol. The fourth-order valence-corrected chi connectivity index (χ4v) is 4.69. The normalized spacial score (nSPS) is 17.8. The molecule has 1 aliphatic rings. The lowest BCUT2D eigenvalue weighted by atomic mass is 10.0. The summed E-state index contributed by atoms with van der Waals surface area (Å²) in [5.74, 6) is -0.461. The molecular weight excluding hydrogens is 464 g/mol. The Labute approximate surface area is 202 Å². The van der Waals surface area contributed by atoms with Gasteiger partial charge in [0.1, 0.15) is 18.3 Å². The number of amides is 2. The molecule has 0 radical (unpaired) electrons. The first kappa shape index (κ1) is 24.9. The van der Waals surface area contributed by atoms with Gasteiger partial charge >= 0.3 is 5.97 Å². The van der Waals surface area contributed by atoms with Gasteiger partial charge in [0.2, 0.25) is 5.91 Å². The van der Waals surface area contributed by atoms with Crippen molar-refractivity contribution in [3.8, 4) is 5.75 Å². The van der Waals surface area contributed by atoms with Gasteiger partial charge in [-0.25, -0.2) is 0 Å². The fourth-order valence-electron chi connectivity index (χ4n) is 3.62. The number of hydrogen-bond acceptors (Lipinski definition) is 5. The zero-order valence-corrected chi connectivity index (χ0v) is 20.1. The number of thioether (sulfide) groups is 1. The number of carbonyl (C=O) groups is 3. The average molecular weight is 491 g/mol. The van der Waals surface area contributed by atoms with Crippen LogP contribution in [0.3, 0.4) is 0 Å². The van der Waals surface area contributed by atoms with Gasteiger partial charge in [0, 0.05) is 28.6 Å². The lowest BCUT2D eigenvalue weighted by Crippen LogP contribution is -2.49. The van der Waals surface area contributed by atoms with Crippen LogP contribution in [-0.4, -0.2) is 52.7 Å². The summed E-state index contributed by atoms with van der Waals surface area (Å²) in [6, 6.07) is 13.8. The molecule has 0 aromatic heterocycles. The largest absolute Gasteiger partial charge is 0.480 e. The molecule has 0 saturated carbocycles. The summed E-state index contributed by atoms with van der Waals surface area (Å²) in [6.45, 7) is 3.50. The third kappa shape index (κ3) is 6.42. The van der Waals surface area contributed by atoms with Crippen molar-refractivity contribution >= 4 is 41.1 Å². The zero-order chi connectivity index (χ0) is 24.0. The van der Waals surface area contributed by atoms with Gasteiger partial charge in [0.15, 0.2) is 6.10 Å². The van der Waals surface area contributed by atoms with Gasteiger partial charge in [-0.2, -0.15) is 11.8 Å². The molecule has 2 aromatic rings. The minimum atomic E-state index is -1.17. The van der Waals surface area contributed by atoms with Gasteiger partial charge in [-0.05, 0) is 29.7 Å². The van der Waals surface area contributed by atoms with Crippen molar-refractivity contribution in [2.45, 2.75) is 31.7 Å². The van der Waals surface area contributed by atoms with Crippen molar-refractivity contribution in [1.29, 1.82) is 0 Å². The van der Waals surface area contributed by atoms with E-state index in [2.05, 4.69) is 5.32 Å². The van der Waals surface area contributed by atoms with Gasteiger partial charge in [0.25, 0.3) is 5.91 Å². The molecule has 33 heavy (non-hydrogen) atoms. The van der Waals surface area contributed by atoms with Crippen LogP contribution >= 0.6 is 23.4 Å². The van der Waals surface area contributed by atoms with E-state index in [1.807, 2.05) is 44.2 Å². The van der Waals surface area contributed by atoms with Crippen molar-refractivity contribution in [2.75, 3.05) is 18.8 Å². The zero-order valence-electron chi connectivity index (χ0n) is 18.5. The maximum atomic E-state index is 13.5. The van der Waals surface area contributed by atoms with E-state index in [0.717, 1.165) is 5.75 Å². The molecule has 1 aliphatic heterocycles. The number of carboxylic acids is 1. The molecule has 176 valence electrons. The Morgan fingerprint density at radius 2 is 1.94 bits per heavy atom. The summed E-state index contributed by atoms with van der Waals surface area (Å²) in [5.41, 5.74) is 1.61. The predicted molar refractivity (Wildman–Crippen MR) is 128 cm³/mol. The van der Waals surface area contributed by atoms with Crippen LogP contribution in [0.15, 0.2) is 48.5 Å². The molecule has 2 N–H and O–H groups in total. The number of rotatable bonds is 9. The number of carboxylic acid groups (broad SMARTS) is 1. The van der Waals surface area contributed by atoms with Crippen molar-refractivity contribution in [1.82, 2.24) is 10.2 Å². The molecule has 2 unspecified atom stereocenters. The molecule has 0 aliphatic carbocycles. The molecule has 2 amide bonds. The van der Waals surface area contributed by atoms with Gasteiger partial charge in [-0.1, -0.05) is 55.8 Å². The summed E-state index contributed by atoms with van der Waals surface area (Å²) in [7, 11) is 0. The van der Waals surface area contributed by atoms with Gasteiger partial charge < -0.3 is 20.1 Å². The van der Waals surface area contributed by atoms with E-state index in [4.69, 9.17) is 21.4 Å². The number of fused-ring (bicyclic) bond motifs is 1. The highest BCUT2D eigenvalue weighted by molar-refractivity contribution is 7.98. The minimum Gasteiger partial charge on any atom is -0.480 e. The molecule has 0 bridgehead atoms. The van der Waals surface area contributed by atoms with Gasteiger partial charge in [0.05, 0.1) is 0 Å². The van der Waals surface area contributed by atoms with E-state index in [-0.39, 0.29) is 11.8 Å². The Morgan fingerprint density at radius 1 is 1.21 bits per heavy atom. The van der Waals surface area contributed by atoms with E-state index < -0.39 is 30.6 Å². The smallest absolute Gasteiger partial charge is 0.322 e. The molecule has 2 aromatic carbocycles. The van der Waals surface area contributed by atoms with E-state index in [0.29, 0.717) is 28.6 Å². The van der Waals surface area contributed by atoms with E-state index in [9.17, 15) is 14.4 Å². The van der Waals surface area contributed by atoms with Gasteiger partial charge in [-0.15, -0.1) is 0 Å². The Bertz CT molecular complexity index is 1000. The summed E-state index contributed by atoms with van der Waals surface area (Å²) in [6.07, 6.45) is -0.777. The van der Waals surface area contributed by atoms with Crippen molar-refractivity contribution < 1.29 is 24.2 Å². The second-order valence-electron chi connectivity index (χ2n) is 8.05. The summed E-state index contributed by atoms with van der Waals surface area (Å²) in [5, 5.41) is 11.8. The molecule has 0 fully saturated rings. The number of aliphatic carboxylic acids is 1. The third-order valence-electron chi connectivity index (χ3n) is 5.21. The maximum absolute atomic E-state index is 13.5. The second-order valence-corrected chi connectivity index (χ2v) is 9.59. The lowest BCUT2D eigenvalue weighted by molar-refractivity contribution is -0.146. The summed E-state index contributed by atoms with van der Waals surface area (Å²) in [4.78, 5) is 39.2. The van der Waals surface area contributed by atoms with Crippen LogP contribution in [0.2, 0.25) is 5.02 Å². The molecule has 1 heterocycles. The van der Waals surface area contributed by atoms with Crippen LogP contribution in [0, 0.1) is 5.92 Å².